The molecule has 13 heavy (non-hydrogen) atoms. The van der Waals surface area contributed by atoms with Gasteiger partial charge in [-0.15, -0.1) is 0 Å². The summed E-state index contributed by atoms with van der Waals surface area (Å²) >= 11 is 0. The minimum Gasteiger partial charge on any atom is -0.299 e. The van der Waals surface area contributed by atoms with Gasteiger partial charge in [-0.25, -0.2) is 0 Å². The van der Waals surface area contributed by atoms with Gasteiger partial charge in [-0.3, -0.25) is 4.79 Å². The number of ketones is 1. The largest absolute Gasteiger partial charge is 0.299 e. The van der Waals surface area contributed by atoms with Crippen LogP contribution in [0.1, 0.15) is 34.1 Å². The van der Waals surface area contributed by atoms with Crippen molar-refractivity contribution in [1.82, 2.24) is 0 Å². The highest BCUT2D eigenvalue weighted by atomic mass is 16.1. The van der Waals surface area contributed by atoms with Crippen molar-refractivity contribution in [3.63, 3.8) is 0 Å². The predicted molar refractivity (Wildman–Crippen MR) is 57.6 cm³/mol. The van der Waals surface area contributed by atoms with Gasteiger partial charge in [0.15, 0.2) is 0 Å². The monoisotopic (exact) mass is 180 g/mol. The second-order valence-corrected chi connectivity index (χ2v) is 4.41. The van der Waals surface area contributed by atoms with E-state index in [-0.39, 0.29) is 11.3 Å². The van der Waals surface area contributed by atoms with E-state index < -0.39 is 0 Å². The first-order valence-electron chi connectivity index (χ1n) is 4.71. The van der Waals surface area contributed by atoms with Gasteiger partial charge in [0.05, 0.1) is 0 Å². The zero-order chi connectivity index (χ0) is 10.5. The lowest BCUT2D eigenvalue weighted by Crippen LogP contribution is -2.26. The maximum Gasteiger partial charge on any atom is 0.141 e. The molecule has 0 aliphatic rings. The molecular formula is C12H20O. The number of hydrogen-bond donors (Lipinski definition) is 0. The summed E-state index contributed by atoms with van der Waals surface area (Å²) in [5, 5.41) is 0. The molecule has 0 aromatic heterocycles. The molecule has 0 rings (SSSR count). The van der Waals surface area contributed by atoms with Crippen molar-refractivity contribution < 1.29 is 4.79 Å². The molecule has 0 heterocycles. The molecule has 0 spiro atoms. The Labute approximate surface area is 81.5 Å². The lowest BCUT2D eigenvalue weighted by Gasteiger charge is -2.20. The molecule has 0 fully saturated rings. The summed E-state index contributed by atoms with van der Waals surface area (Å²) in [6.07, 6.45) is 6.41. The Morgan fingerprint density at radius 3 is 2.38 bits per heavy atom. The Morgan fingerprint density at radius 2 is 2.00 bits per heavy atom. The van der Waals surface area contributed by atoms with E-state index in [0.29, 0.717) is 5.78 Å². The Balaban J connectivity index is 4.12. The highest BCUT2D eigenvalue weighted by Gasteiger charge is 2.25. The Hall–Kier alpha value is -0.850. The van der Waals surface area contributed by atoms with E-state index in [0.717, 1.165) is 6.42 Å². The van der Waals surface area contributed by atoms with Crippen molar-refractivity contribution in [2.45, 2.75) is 34.1 Å². The van der Waals surface area contributed by atoms with Crippen molar-refractivity contribution in [2.75, 3.05) is 0 Å². The van der Waals surface area contributed by atoms with Crippen LogP contribution in [0, 0.1) is 11.3 Å². The molecule has 0 aliphatic heterocycles. The fraction of sp³-hybridized carbons (Fsp3) is 0.583. The van der Waals surface area contributed by atoms with Gasteiger partial charge < -0.3 is 0 Å². The fourth-order valence-electron chi connectivity index (χ4n) is 1.23. The van der Waals surface area contributed by atoms with Gasteiger partial charge in [-0.2, -0.15) is 0 Å². The van der Waals surface area contributed by atoms with Gasteiger partial charge in [0.25, 0.3) is 0 Å². The first-order chi connectivity index (χ1) is 5.89. The minimum absolute atomic E-state index is 0.108. The van der Waals surface area contributed by atoms with Crippen molar-refractivity contribution in [3.8, 4) is 0 Å². The van der Waals surface area contributed by atoms with Crippen LogP contribution >= 0.6 is 0 Å². The predicted octanol–water partition coefficient (Wildman–Crippen LogP) is 3.37. The summed E-state index contributed by atoms with van der Waals surface area (Å²) in [4.78, 5) is 11.7. The van der Waals surface area contributed by atoms with E-state index in [4.69, 9.17) is 0 Å². The quantitative estimate of drug-likeness (QED) is 0.606. The van der Waals surface area contributed by atoms with Gasteiger partial charge in [-0.05, 0) is 6.42 Å². The van der Waals surface area contributed by atoms with Crippen LogP contribution in [0.15, 0.2) is 24.8 Å². The third-order valence-corrected chi connectivity index (χ3v) is 1.95. The summed E-state index contributed by atoms with van der Waals surface area (Å²) in [6.45, 7) is 11.4. The minimum atomic E-state index is -0.221. The van der Waals surface area contributed by atoms with E-state index in [9.17, 15) is 4.79 Å². The summed E-state index contributed by atoms with van der Waals surface area (Å²) < 4.78 is 0. The van der Waals surface area contributed by atoms with Gasteiger partial charge in [0, 0.05) is 11.3 Å². The number of carbonyl (C=O) groups is 1. The molecule has 0 aliphatic carbocycles. The molecule has 1 unspecified atom stereocenters. The summed E-state index contributed by atoms with van der Waals surface area (Å²) in [6, 6.07) is 0. The molecule has 1 atom stereocenters. The van der Waals surface area contributed by atoms with Crippen molar-refractivity contribution in [1.29, 1.82) is 0 Å². The maximum atomic E-state index is 11.7. The molecular weight excluding hydrogens is 160 g/mol. The lowest BCUT2D eigenvalue weighted by molar-refractivity contribution is -0.129. The molecule has 0 aromatic rings. The highest BCUT2D eigenvalue weighted by Crippen LogP contribution is 2.21. The molecule has 0 bridgehead atoms. The Bertz CT molecular complexity index is 206. The first kappa shape index (κ1) is 12.2. The average Bonchev–Trinajstić information content (AvgIpc) is 2.01. The normalized spacial score (nSPS) is 14.5. The van der Waals surface area contributed by atoms with Crippen LogP contribution in [0.25, 0.3) is 0 Å². The molecule has 0 aromatic carbocycles. The van der Waals surface area contributed by atoms with Gasteiger partial charge in [0.2, 0.25) is 0 Å². The van der Waals surface area contributed by atoms with E-state index in [1.807, 2.05) is 39.8 Å². The van der Waals surface area contributed by atoms with Crippen LogP contribution in [-0.4, -0.2) is 5.78 Å². The number of rotatable bonds is 4. The summed E-state index contributed by atoms with van der Waals surface area (Å²) in [5.74, 6) is 0.428. The zero-order valence-corrected chi connectivity index (χ0v) is 9.13. The Morgan fingerprint density at radius 1 is 1.46 bits per heavy atom. The van der Waals surface area contributed by atoms with Crippen molar-refractivity contribution in [3.05, 3.63) is 24.8 Å². The topological polar surface area (TPSA) is 17.1 Å². The Kier molecular flexibility index (Phi) is 4.68. The SMILES string of the molecule is C=CC=CCC(C)C(=O)C(C)(C)C. The molecule has 0 radical (unpaired) electrons. The van der Waals surface area contributed by atoms with E-state index in [1.54, 1.807) is 6.08 Å². The molecule has 74 valence electrons. The molecule has 1 heteroatoms. The van der Waals surface area contributed by atoms with Crippen LogP contribution in [0.2, 0.25) is 0 Å². The van der Waals surface area contributed by atoms with Gasteiger partial charge in [-0.1, -0.05) is 52.5 Å². The first-order valence-corrected chi connectivity index (χ1v) is 4.71. The second-order valence-electron chi connectivity index (χ2n) is 4.41. The molecule has 0 saturated heterocycles. The third kappa shape index (κ3) is 4.66. The standard InChI is InChI=1S/C12H20O/c1-6-7-8-9-10(2)11(13)12(3,4)5/h6-8,10H,1,9H2,2-5H3. The second kappa shape index (κ2) is 5.00. The molecule has 0 saturated carbocycles. The van der Waals surface area contributed by atoms with Crippen LogP contribution < -0.4 is 0 Å². The van der Waals surface area contributed by atoms with E-state index >= 15 is 0 Å². The smallest absolute Gasteiger partial charge is 0.141 e. The van der Waals surface area contributed by atoms with Crippen LogP contribution in [-0.2, 0) is 4.79 Å². The number of allylic oxidation sites excluding steroid dienone is 3. The summed E-state index contributed by atoms with van der Waals surface area (Å²) in [5.41, 5.74) is -0.221. The highest BCUT2D eigenvalue weighted by molar-refractivity contribution is 5.85. The maximum absolute atomic E-state index is 11.7. The van der Waals surface area contributed by atoms with Gasteiger partial charge in [0.1, 0.15) is 5.78 Å². The zero-order valence-electron chi connectivity index (χ0n) is 9.13. The van der Waals surface area contributed by atoms with Crippen LogP contribution in [0.3, 0.4) is 0 Å². The van der Waals surface area contributed by atoms with Crippen molar-refractivity contribution >= 4 is 5.78 Å². The van der Waals surface area contributed by atoms with E-state index in [2.05, 4.69) is 6.58 Å². The lowest BCUT2D eigenvalue weighted by atomic mass is 9.82. The van der Waals surface area contributed by atoms with Gasteiger partial charge >= 0.3 is 0 Å². The average molecular weight is 180 g/mol. The molecule has 0 N–H and O–H groups in total. The van der Waals surface area contributed by atoms with Crippen molar-refractivity contribution in [2.24, 2.45) is 11.3 Å². The molecule has 0 amide bonds. The summed E-state index contributed by atoms with van der Waals surface area (Å²) in [7, 11) is 0. The number of carbonyl (C=O) groups excluding carboxylic acids is 1. The van der Waals surface area contributed by atoms with Crippen LogP contribution in [0.4, 0.5) is 0 Å². The third-order valence-electron chi connectivity index (χ3n) is 1.95. The number of hydrogen-bond acceptors (Lipinski definition) is 1. The molecule has 1 nitrogen and oxygen atoms in total. The van der Waals surface area contributed by atoms with Crippen LogP contribution in [0.5, 0.6) is 0 Å². The van der Waals surface area contributed by atoms with E-state index in [1.165, 1.54) is 0 Å². The fourth-order valence-corrected chi connectivity index (χ4v) is 1.23. The number of Topliss-reactive ketones (excluding diaryl/α,β-unsaturated/α-hetero) is 1.